The Kier molecular flexibility index (Phi) is 3.18. The van der Waals surface area contributed by atoms with Crippen LogP contribution in [0.2, 0.25) is 0 Å². The van der Waals surface area contributed by atoms with E-state index in [-0.39, 0.29) is 0 Å². The number of ether oxygens (including phenoxy) is 1. The number of aromatic nitrogens is 3. The second-order valence-electron chi connectivity index (χ2n) is 5.57. The first-order valence-electron chi connectivity index (χ1n) is 7.58. The maximum absolute atomic E-state index is 5.21. The molecule has 1 fully saturated rings. The van der Waals surface area contributed by atoms with E-state index in [0.29, 0.717) is 0 Å². The lowest BCUT2D eigenvalue weighted by Crippen LogP contribution is -2.19. The van der Waals surface area contributed by atoms with Crippen molar-refractivity contribution in [3.8, 4) is 17.0 Å². The number of methoxy groups -OCH3 is 1. The SMILES string of the molecule is COc1ccc(-c2cc3c(N4CCCC4)ncnc3[nH]2)cc1. The van der Waals surface area contributed by atoms with Gasteiger partial charge < -0.3 is 14.6 Å². The molecule has 3 heterocycles. The van der Waals surface area contributed by atoms with Crippen LogP contribution in [-0.4, -0.2) is 35.2 Å². The molecule has 112 valence electrons. The van der Waals surface area contributed by atoms with Crippen molar-refractivity contribution in [3.05, 3.63) is 36.7 Å². The van der Waals surface area contributed by atoms with Crippen molar-refractivity contribution in [2.75, 3.05) is 25.1 Å². The third-order valence-corrected chi connectivity index (χ3v) is 4.21. The van der Waals surface area contributed by atoms with Crippen LogP contribution in [0.1, 0.15) is 12.8 Å². The van der Waals surface area contributed by atoms with Gasteiger partial charge in [0, 0.05) is 18.8 Å². The van der Waals surface area contributed by atoms with Crippen molar-refractivity contribution < 1.29 is 4.74 Å². The van der Waals surface area contributed by atoms with Crippen molar-refractivity contribution in [2.24, 2.45) is 0 Å². The number of fused-ring (bicyclic) bond motifs is 1. The fourth-order valence-corrected chi connectivity index (χ4v) is 3.03. The fraction of sp³-hybridized carbons (Fsp3) is 0.294. The van der Waals surface area contributed by atoms with Gasteiger partial charge in [-0.05, 0) is 48.7 Å². The van der Waals surface area contributed by atoms with Gasteiger partial charge >= 0.3 is 0 Å². The molecular formula is C17H18N4O. The summed E-state index contributed by atoms with van der Waals surface area (Å²) >= 11 is 0. The van der Waals surface area contributed by atoms with E-state index in [1.54, 1.807) is 13.4 Å². The zero-order chi connectivity index (χ0) is 14.9. The van der Waals surface area contributed by atoms with Crippen LogP contribution in [0.25, 0.3) is 22.3 Å². The van der Waals surface area contributed by atoms with Crippen LogP contribution in [0, 0.1) is 0 Å². The zero-order valence-electron chi connectivity index (χ0n) is 12.5. The van der Waals surface area contributed by atoms with E-state index in [9.17, 15) is 0 Å². The molecule has 4 rings (SSSR count). The van der Waals surface area contributed by atoms with Gasteiger partial charge in [-0.2, -0.15) is 0 Å². The molecule has 22 heavy (non-hydrogen) atoms. The zero-order valence-corrected chi connectivity index (χ0v) is 12.5. The Morgan fingerprint density at radius 3 is 2.59 bits per heavy atom. The van der Waals surface area contributed by atoms with E-state index in [0.717, 1.165) is 46.9 Å². The van der Waals surface area contributed by atoms with Crippen LogP contribution in [0.4, 0.5) is 5.82 Å². The van der Waals surface area contributed by atoms with Crippen LogP contribution < -0.4 is 9.64 Å². The van der Waals surface area contributed by atoms with Crippen molar-refractivity contribution in [1.82, 2.24) is 15.0 Å². The summed E-state index contributed by atoms with van der Waals surface area (Å²) in [6, 6.07) is 10.2. The van der Waals surface area contributed by atoms with E-state index >= 15 is 0 Å². The average molecular weight is 294 g/mol. The van der Waals surface area contributed by atoms with Crippen molar-refractivity contribution in [3.63, 3.8) is 0 Å². The molecule has 1 aliphatic rings. The minimum Gasteiger partial charge on any atom is -0.497 e. The van der Waals surface area contributed by atoms with Gasteiger partial charge in [-0.1, -0.05) is 0 Å². The molecular weight excluding hydrogens is 276 g/mol. The topological polar surface area (TPSA) is 54.0 Å². The molecule has 1 N–H and O–H groups in total. The highest BCUT2D eigenvalue weighted by atomic mass is 16.5. The normalized spacial score (nSPS) is 14.7. The number of benzene rings is 1. The van der Waals surface area contributed by atoms with Crippen molar-refractivity contribution >= 4 is 16.9 Å². The Morgan fingerprint density at radius 1 is 1.09 bits per heavy atom. The average Bonchev–Trinajstić information content (AvgIpc) is 3.24. The molecule has 0 radical (unpaired) electrons. The quantitative estimate of drug-likeness (QED) is 0.805. The molecule has 5 heteroatoms. The smallest absolute Gasteiger partial charge is 0.143 e. The highest BCUT2D eigenvalue weighted by Crippen LogP contribution is 2.30. The minimum atomic E-state index is 0.859. The van der Waals surface area contributed by atoms with E-state index in [2.05, 4.69) is 25.9 Å². The molecule has 0 unspecified atom stereocenters. The molecule has 0 spiro atoms. The Morgan fingerprint density at radius 2 is 1.86 bits per heavy atom. The number of anilines is 1. The number of hydrogen-bond donors (Lipinski definition) is 1. The number of hydrogen-bond acceptors (Lipinski definition) is 4. The monoisotopic (exact) mass is 294 g/mol. The van der Waals surface area contributed by atoms with E-state index in [1.807, 2.05) is 24.3 Å². The molecule has 1 aliphatic heterocycles. The largest absolute Gasteiger partial charge is 0.497 e. The Labute approximate surface area is 129 Å². The highest BCUT2D eigenvalue weighted by molar-refractivity contribution is 5.92. The predicted octanol–water partition coefficient (Wildman–Crippen LogP) is 3.23. The highest BCUT2D eigenvalue weighted by Gasteiger charge is 2.18. The van der Waals surface area contributed by atoms with E-state index in [1.165, 1.54) is 12.8 Å². The third-order valence-electron chi connectivity index (χ3n) is 4.21. The summed E-state index contributed by atoms with van der Waals surface area (Å²) in [4.78, 5) is 14.6. The first-order chi connectivity index (χ1) is 10.8. The van der Waals surface area contributed by atoms with Gasteiger partial charge in [0.2, 0.25) is 0 Å². The third kappa shape index (κ3) is 2.19. The molecule has 2 aromatic heterocycles. The summed E-state index contributed by atoms with van der Waals surface area (Å²) in [5.74, 6) is 1.90. The van der Waals surface area contributed by atoms with Gasteiger partial charge in [-0.3, -0.25) is 0 Å². The first kappa shape index (κ1) is 13.1. The van der Waals surface area contributed by atoms with Gasteiger partial charge in [0.15, 0.2) is 0 Å². The number of aromatic amines is 1. The predicted molar refractivity (Wildman–Crippen MR) is 87.3 cm³/mol. The first-order valence-corrected chi connectivity index (χ1v) is 7.58. The number of nitrogens with one attached hydrogen (secondary N) is 1. The standard InChI is InChI=1S/C17H18N4O/c1-22-13-6-4-12(5-7-13)15-10-14-16(20-15)18-11-19-17(14)21-8-2-3-9-21/h4-7,10-11H,2-3,8-9H2,1H3,(H,18,19,20). The summed E-state index contributed by atoms with van der Waals surface area (Å²) in [5.41, 5.74) is 3.06. The van der Waals surface area contributed by atoms with Crippen LogP contribution in [0.3, 0.4) is 0 Å². The lowest BCUT2D eigenvalue weighted by molar-refractivity contribution is 0.415. The number of nitrogens with zero attached hydrogens (tertiary/aromatic N) is 3. The van der Waals surface area contributed by atoms with Gasteiger partial charge in [-0.25, -0.2) is 9.97 Å². The summed E-state index contributed by atoms with van der Waals surface area (Å²) in [6.45, 7) is 2.16. The molecule has 1 aromatic carbocycles. The molecule has 1 saturated heterocycles. The summed E-state index contributed by atoms with van der Waals surface area (Å²) in [7, 11) is 1.68. The molecule has 0 bridgehead atoms. The van der Waals surface area contributed by atoms with Crippen LogP contribution in [0.15, 0.2) is 36.7 Å². The van der Waals surface area contributed by atoms with Gasteiger partial charge in [0.25, 0.3) is 0 Å². The van der Waals surface area contributed by atoms with Gasteiger partial charge in [0.1, 0.15) is 23.5 Å². The molecule has 0 atom stereocenters. The number of H-pyrrole nitrogens is 1. The Hall–Kier alpha value is -2.56. The van der Waals surface area contributed by atoms with E-state index in [4.69, 9.17) is 4.74 Å². The summed E-state index contributed by atoms with van der Waals surface area (Å²) in [5, 5.41) is 1.09. The maximum Gasteiger partial charge on any atom is 0.143 e. The molecule has 0 amide bonds. The molecule has 0 aliphatic carbocycles. The van der Waals surface area contributed by atoms with Crippen LogP contribution in [-0.2, 0) is 0 Å². The maximum atomic E-state index is 5.21. The Balaban J connectivity index is 1.77. The Bertz CT molecular complexity index is 788. The van der Waals surface area contributed by atoms with Crippen LogP contribution in [0.5, 0.6) is 5.75 Å². The van der Waals surface area contributed by atoms with Crippen molar-refractivity contribution in [1.29, 1.82) is 0 Å². The van der Waals surface area contributed by atoms with Crippen LogP contribution >= 0.6 is 0 Å². The van der Waals surface area contributed by atoms with Gasteiger partial charge in [-0.15, -0.1) is 0 Å². The van der Waals surface area contributed by atoms with E-state index < -0.39 is 0 Å². The fourth-order valence-electron chi connectivity index (χ4n) is 3.03. The minimum absolute atomic E-state index is 0.859. The summed E-state index contributed by atoms with van der Waals surface area (Å²) in [6.07, 6.45) is 4.12. The number of rotatable bonds is 3. The lowest BCUT2D eigenvalue weighted by Gasteiger charge is -2.16. The molecule has 0 saturated carbocycles. The van der Waals surface area contributed by atoms with Gasteiger partial charge in [0.05, 0.1) is 12.5 Å². The molecule has 3 aromatic rings. The molecule has 5 nitrogen and oxygen atoms in total. The van der Waals surface area contributed by atoms with Crippen molar-refractivity contribution in [2.45, 2.75) is 12.8 Å². The second-order valence-corrected chi connectivity index (χ2v) is 5.57. The summed E-state index contributed by atoms with van der Waals surface area (Å²) < 4.78 is 5.21. The lowest BCUT2D eigenvalue weighted by atomic mass is 10.1. The second kappa shape index (κ2) is 5.33.